The molecule has 1 aromatic heterocycles. The number of rotatable bonds is 5. The highest BCUT2D eigenvalue weighted by Gasteiger charge is 2.29. The number of amides is 4. The average molecular weight is 569 g/mol. The van der Waals surface area contributed by atoms with Crippen LogP contribution in [0, 0.1) is 19.8 Å². The Morgan fingerprint density at radius 3 is 2.51 bits per heavy atom. The van der Waals surface area contributed by atoms with Gasteiger partial charge in [0.2, 0.25) is 17.7 Å². The van der Waals surface area contributed by atoms with Crippen LogP contribution in [-0.4, -0.2) is 64.2 Å². The van der Waals surface area contributed by atoms with E-state index in [0.29, 0.717) is 18.7 Å². The topological polar surface area (TPSA) is 143 Å². The Bertz CT molecular complexity index is 1270. The summed E-state index contributed by atoms with van der Waals surface area (Å²) in [6.07, 6.45) is 0.723. The van der Waals surface area contributed by atoms with Crippen molar-refractivity contribution in [3.05, 3.63) is 46.8 Å². The number of hydrogen-bond acceptors (Lipinski definition) is 6. The zero-order chi connectivity index (χ0) is 30.3. The second-order valence-electron chi connectivity index (χ2n) is 11.7. The number of hydrogen-bond donors (Lipinski definition) is 4. The third kappa shape index (κ3) is 8.80. The van der Waals surface area contributed by atoms with Gasteiger partial charge in [-0.25, -0.2) is 0 Å². The highest BCUT2D eigenvalue weighted by atomic mass is 16.5. The van der Waals surface area contributed by atoms with E-state index >= 15 is 0 Å². The molecule has 0 saturated carbocycles. The highest BCUT2D eigenvalue weighted by Crippen LogP contribution is 2.20. The molecule has 0 fully saturated rings. The molecule has 224 valence electrons. The van der Waals surface area contributed by atoms with Crippen molar-refractivity contribution in [2.45, 2.75) is 84.8 Å². The third-order valence-electron chi connectivity index (χ3n) is 7.40. The number of ether oxygens (including phenoxy) is 1. The third-order valence-corrected chi connectivity index (χ3v) is 7.40. The molecule has 2 aromatic rings. The van der Waals surface area contributed by atoms with Crippen molar-refractivity contribution in [2.24, 2.45) is 13.0 Å². The van der Waals surface area contributed by atoms with E-state index in [4.69, 9.17) is 4.74 Å². The van der Waals surface area contributed by atoms with Crippen molar-refractivity contribution < 1.29 is 23.9 Å². The van der Waals surface area contributed by atoms with Crippen LogP contribution in [0.25, 0.3) is 0 Å². The highest BCUT2D eigenvalue weighted by molar-refractivity contribution is 5.99. The van der Waals surface area contributed by atoms with Gasteiger partial charge in [-0.3, -0.25) is 23.9 Å². The van der Waals surface area contributed by atoms with E-state index in [-0.39, 0.29) is 61.1 Å². The number of para-hydroxylation sites is 1. The Hall–Kier alpha value is -3.89. The molecule has 1 aromatic carbocycles. The number of carbonyl (C=O) groups excluding carboxylic acids is 4. The molecule has 2 heterocycles. The minimum absolute atomic E-state index is 0.0169. The molecule has 0 aliphatic carbocycles. The van der Waals surface area contributed by atoms with Crippen molar-refractivity contribution in [2.75, 3.05) is 13.2 Å². The van der Waals surface area contributed by atoms with E-state index in [2.05, 4.69) is 26.4 Å². The molecule has 11 nitrogen and oxygen atoms in total. The van der Waals surface area contributed by atoms with Crippen molar-refractivity contribution in [1.29, 1.82) is 0 Å². The number of aryl methyl sites for hydroxylation is 2. The van der Waals surface area contributed by atoms with E-state index in [1.807, 2.05) is 34.7 Å². The molecule has 0 spiro atoms. The molecule has 4 N–H and O–H groups in total. The molecular formula is C30H44N6O5. The lowest BCUT2D eigenvalue weighted by Gasteiger charge is -2.29. The monoisotopic (exact) mass is 568 g/mol. The fourth-order valence-corrected chi connectivity index (χ4v) is 4.90. The van der Waals surface area contributed by atoms with Crippen molar-refractivity contribution >= 4 is 23.6 Å². The summed E-state index contributed by atoms with van der Waals surface area (Å²) in [5.41, 5.74) is 2.44. The van der Waals surface area contributed by atoms with Crippen LogP contribution < -0.4 is 26.0 Å². The summed E-state index contributed by atoms with van der Waals surface area (Å²) in [7, 11) is 1.88. The zero-order valence-electron chi connectivity index (χ0n) is 25.2. The van der Waals surface area contributed by atoms with Gasteiger partial charge in [-0.2, -0.15) is 5.10 Å². The smallest absolute Gasteiger partial charge is 0.255 e. The van der Waals surface area contributed by atoms with Crippen LogP contribution in [0.5, 0.6) is 5.75 Å². The Labute approximate surface area is 242 Å². The summed E-state index contributed by atoms with van der Waals surface area (Å²) in [6, 6.07) is 5.50. The van der Waals surface area contributed by atoms with Gasteiger partial charge < -0.3 is 26.0 Å². The summed E-state index contributed by atoms with van der Waals surface area (Å²) < 4.78 is 7.84. The van der Waals surface area contributed by atoms with Gasteiger partial charge in [0.25, 0.3) is 5.91 Å². The summed E-state index contributed by atoms with van der Waals surface area (Å²) >= 11 is 0. The summed E-state index contributed by atoms with van der Waals surface area (Å²) in [6.45, 7) is 11.9. The molecule has 0 radical (unpaired) electrons. The standard InChI is InChI=1S/C30H44N6O5/c1-18(2)24-17-41-25-11-9-8-10-22(25)28(39)33-23(12-13-26(37)34-30(5,6)16-27(38)32-24)29(40)31-15-14-21-19(3)35-36(7)20(21)4/h8-11,18,23-24H,12-17H2,1-7H3,(H,31,40)(H,32,38)(H,33,39)(H,34,37)/t23-,24-/m0/s1. The van der Waals surface area contributed by atoms with Gasteiger partial charge in [0.1, 0.15) is 18.4 Å². The number of nitrogens with zero attached hydrogens (tertiary/aromatic N) is 2. The van der Waals surface area contributed by atoms with E-state index < -0.39 is 17.5 Å². The molecule has 1 aliphatic heterocycles. The lowest BCUT2D eigenvalue weighted by Crippen LogP contribution is -2.51. The Morgan fingerprint density at radius 2 is 1.85 bits per heavy atom. The summed E-state index contributed by atoms with van der Waals surface area (Å²) in [5, 5.41) is 16.0. The Morgan fingerprint density at radius 1 is 1.15 bits per heavy atom. The fourth-order valence-electron chi connectivity index (χ4n) is 4.90. The maximum atomic E-state index is 13.4. The summed E-state index contributed by atoms with van der Waals surface area (Å²) in [5.74, 6) is -0.999. The summed E-state index contributed by atoms with van der Waals surface area (Å²) in [4.78, 5) is 52.4. The normalized spacial score (nSPS) is 20.3. The van der Waals surface area contributed by atoms with Crippen LogP contribution in [0.1, 0.15) is 74.3 Å². The van der Waals surface area contributed by atoms with Gasteiger partial charge in [0, 0.05) is 37.7 Å². The first kappa shape index (κ1) is 31.6. The first-order chi connectivity index (χ1) is 19.3. The maximum Gasteiger partial charge on any atom is 0.255 e. The lowest BCUT2D eigenvalue weighted by atomic mass is 9.98. The van der Waals surface area contributed by atoms with Crippen LogP contribution >= 0.6 is 0 Å². The van der Waals surface area contributed by atoms with E-state index in [9.17, 15) is 19.2 Å². The van der Waals surface area contributed by atoms with Crippen LogP contribution in [0.3, 0.4) is 0 Å². The maximum absolute atomic E-state index is 13.4. The largest absolute Gasteiger partial charge is 0.491 e. The molecule has 11 heteroatoms. The predicted molar refractivity (Wildman–Crippen MR) is 155 cm³/mol. The quantitative estimate of drug-likeness (QED) is 0.435. The number of carbonyl (C=O) groups is 4. The molecule has 0 saturated heterocycles. The van der Waals surface area contributed by atoms with Gasteiger partial charge >= 0.3 is 0 Å². The minimum atomic E-state index is -0.958. The van der Waals surface area contributed by atoms with Gasteiger partial charge in [-0.15, -0.1) is 0 Å². The molecule has 4 amide bonds. The van der Waals surface area contributed by atoms with E-state index in [0.717, 1.165) is 17.0 Å². The van der Waals surface area contributed by atoms with Gasteiger partial charge in [-0.05, 0) is 64.2 Å². The first-order valence-corrected chi connectivity index (χ1v) is 14.2. The average Bonchev–Trinajstić information content (AvgIpc) is 3.13. The van der Waals surface area contributed by atoms with E-state index in [1.165, 1.54) is 0 Å². The molecule has 2 atom stereocenters. The predicted octanol–water partition coefficient (Wildman–Crippen LogP) is 2.09. The lowest BCUT2D eigenvalue weighted by molar-refractivity contribution is -0.126. The van der Waals surface area contributed by atoms with Crippen LogP contribution in [0.2, 0.25) is 0 Å². The second-order valence-corrected chi connectivity index (χ2v) is 11.7. The minimum Gasteiger partial charge on any atom is -0.491 e. The Kier molecular flexibility index (Phi) is 10.5. The van der Waals surface area contributed by atoms with Gasteiger partial charge in [-0.1, -0.05) is 26.0 Å². The number of fused-ring (bicyclic) bond motifs is 1. The second kappa shape index (κ2) is 13.6. The van der Waals surface area contributed by atoms with Gasteiger partial charge in [0.15, 0.2) is 0 Å². The molecule has 0 unspecified atom stereocenters. The zero-order valence-corrected chi connectivity index (χ0v) is 25.2. The fraction of sp³-hybridized carbons (Fsp3) is 0.567. The Balaban J connectivity index is 1.83. The van der Waals surface area contributed by atoms with Crippen molar-refractivity contribution in [3.63, 3.8) is 0 Å². The first-order valence-electron chi connectivity index (χ1n) is 14.2. The SMILES string of the molecule is Cc1nn(C)c(C)c1CCNC(=O)[C@@H]1CCC(=O)NC(C)(C)CC(=O)N[C@H](C(C)C)COc2ccccc2C(=O)N1. The van der Waals surface area contributed by atoms with Crippen LogP contribution in [0.4, 0.5) is 0 Å². The van der Waals surface area contributed by atoms with Gasteiger partial charge in [0.05, 0.1) is 17.3 Å². The van der Waals surface area contributed by atoms with Crippen molar-refractivity contribution in [1.82, 2.24) is 31.0 Å². The van der Waals surface area contributed by atoms with Crippen molar-refractivity contribution in [3.8, 4) is 5.75 Å². The molecule has 0 bridgehead atoms. The van der Waals surface area contributed by atoms with E-state index in [1.54, 1.807) is 42.8 Å². The number of aromatic nitrogens is 2. The van der Waals surface area contributed by atoms with Crippen LogP contribution in [-0.2, 0) is 27.9 Å². The van der Waals surface area contributed by atoms with Crippen LogP contribution in [0.15, 0.2) is 24.3 Å². The molecule has 41 heavy (non-hydrogen) atoms. The molecule has 3 rings (SSSR count). The number of nitrogens with one attached hydrogen (secondary N) is 4. The molecular weight excluding hydrogens is 524 g/mol. The molecule has 1 aliphatic rings. The number of benzene rings is 1.